The number of esters is 1. The topological polar surface area (TPSA) is 38.3 Å². The number of ether oxygens (including phenoxy) is 1. The molecule has 1 aromatic carbocycles. The van der Waals surface area contributed by atoms with Gasteiger partial charge in [-0.25, -0.2) is 4.79 Å². The van der Waals surface area contributed by atoms with E-state index in [1.165, 1.54) is 26.4 Å². The predicted molar refractivity (Wildman–Crippen MR) is 76.7 cm³/mol. The highest BCUT2D eigenvalue weighted by atomic mass is 79.9. The molecule has 0 unspecified atom stereocenters. The van der Waals surface area contributed by atoms with E-state index in [2.05, 4.69) is 32.9 Å². The van der Waals surface area contributed by atoms with Crippen molar-refractivity contribution in [1.82, 2.24) is 5.32 Å². The second kappa shape index (κ2) is 8.27. The molecule has 0 aromatic heterocycles. The molecule has 1 N–H and O–H groups in total. The first kappa shape index (κ1) is 15.2. The zero-order valence-corrected chi connectivity index (χ0v) is 12.5. The molecular formula is C14H20BrNO2. The molecule has 0 heterocycles. The number of rotatable bonds is 7. The van der Waals surface area contributed by atoms with Gasteiger partial charge in [-0.2, -0.15) is 0 Å². The summed E-state index contributed by atoms with van der Waals surface area (Å²) in [5.74, 6) is -0.307. The van der Waals surface area contributed by atoms with E-state index in [9.17, 15) is 4.79 Å². The molecule has 0 aliphatic carbocycles. The Labute approximate surface area is 117 Å². The van der Waals surface area contributed by atoms with Gasteiger partial charge in [0.05, 0.1) is 12.7 Å². The number of nitrogens with one attached hydrogen (secondary N) is 1. The minimum absolute atomic E-state index is 0.307. The summed E-state index contributed by atoms with van der Waals surface area (Å²) < 4.78 is 5.62. The van der Waals surface area contributed by atoms with Gasteiger partial charge in [-0.1, -0.05) is 41.8 Å². The zero-order chi connectivity index (χ0) is 13.4. The Hall–Kier alpha value is -0.870. The summed E-state index contributed by atoms with van der Waals surface area (Å²) >= 11 is 3.48. The lowest BCUT2D eigenvalue weighted by Gasteiger charge is -2.08. The van der Waals surface area contributed by atoms with Crippen LogP contribution in [0.25, 0.3) is 0 Å². The van der Waals surface area contributed by atoms with Crippen molar-refractivity contribution in [3.05, 3.63) is 33.8 Å². The molecule has 0 amide bonds. The monoisotopic (exact) mass is 313 g/mol. The van der Waals surface area contributed by atoms with Gasteiger partial charge in [0.25, 0.3) is 0 Å². The van der Waals surface area contributed by atoms with E-state index in [0.29, 0.717) is 5.56 Å². The first-order valence-electron chi connectivity index (χ1n) is 6.26. The van der Waals surface area contributed by atoms with Crippen molar-refractivity contribution in [3.63, 3.8) is 0 Å². The van der Waals surface area contributed by atoms with Crippen LogP contribution in [0.15, 0.2) is 22.7 Å². The second-order valence-electron chi connectivity index (χ2n) is 4.18. The number of carbonyl (C=O) groups excluding carboxylic acids is 1. The Morgan fingerprint density at radius 3 is 2.78 bits per heavy atom. The molecule has 0 saturated carbocycles. The summed E-state index contributed by atoms with van der Waals surface area (Å²) in [5, 5.41) is 3.39. The van der Waals surface area contributed by atoms with Crippen molar-refractivity contribution in [3.8, 4) is 0 Å². The Kier molecular flexibility index (Phi) is 6.98. The highest BCUT2D eigenvalue weighted by Gasteiger charge is 2.07. The van der Waals surface area contributed by atoms with E-state index in [-0.39, 0.29) is 5.97 Å². The van der Waals surface area contributed by atoms with E-state index in [4.69, 9.17) is 0 Å². The van der Waals surface area contributed by atoms with E-state index in [0.717, 1.165) is 23.1 Å². The maximum atomic E-state index is 11.4. The molecule has 0 aliphatic heterocycles. The molecule has 1 aromatic rings. The predicted octanol–water partition coefficient (Wildman–Crippen LogP) is 3.52. The first-order valence-corrected chi connectivity index (χ1v) is 7.05. The number of halogens is 1. The van der Waals surface area contributed by atoms with Crippen LogP contribution in [0.2, 0.25) is 0 Å². The van der Waals surface area contributed by atoms with Gasteiger partial charge in [0.1, 0.15) is 0 Å². The molecule has 0 aliphatic rings. The van der Waals surface area contributed by atoms with Crippen molar-refractivity contribution in [2.24, 2.45) is 0 Å². The van der Waals surface area contributed by atoms with E-state index >= 15 is 0 Å². The van der Waals surface area contributed by atoms with Gasteiger partial charge in [-0.05, 0) is 30.7 Å². The summed E-state index contributed by atoms with van der Waals surface area (Å²) in [6.07, 6.45) is 3.70. The first-order chi connectivity index (χ1) is 8.69. The Balaban J connectivity index is 2.49. The average molecular weight is 314 g/mol. The van der Waals surface area contributed by atoms with Crippen molar-refractivity contribution >= 4 is 21.9 Å². The van der Waals surface area contributed by atoms with Gasteiger partial charge in [-0.15, -0.1) is 0 Å². The van der Waals surface area contributed by atoms with E-state index in [1.807, 2.05) is 6.07 Å². The summed E-state index contributed by atoms with van der Waals surface area (Å²) in [7, 11) is 1.39. The number of carbonyl (C=O) groups is 1. The van der Waals surface area contributed by atoms with E-state index in [1.54, 1.807) is 12.1 Å². The van der Waals surface area contributed by atoms with Crippen LogP contribution in [0, 0.1) is 0 Å². The van der Waals surface area contributed by atoms with Crippen LogP contribution in [-0.4, -0.2) is 19.6 Å². The second-order valence-corrected chi connectivity index (χ2v) is 5.04. The van der Waals surface area contributed by atoms with Gasteiger partial charge < -0.3 is 10.1 Å². The lowest BCUT2D eigenvalue weighted by molar-refractivity contribution is 0.0600. The quantitative estimate of drug-likeness (QED) is 0.618. The summed E-state index contributed by atoms with van der Waals surface area (Å²) in [5.41, 5.74) is 1.72. The zero-order valence-electron chi connectivity index (χ0n) is 11.0. The van der Waals surface area contributed by atoms with E-state index < -0.39 is 0 Å². The lowest BCUT2D eigenvalue weighted by Crippen LogP contribution is -2.15. The van der Waals surface area contributed by atoms with Gasteiger partial charge in [0.2, 0.25) is 0 Å². The van der Waals surface area contributed by atoms with Crippen LogP contribution in [0.3, 0.4) is 0 Å². The number of unbranched alkanes of at least 4 members (excludes halogenated alkanes) is 2. The number of benzene rings is 1. The molecule has 18 heavy (non-hydrogen) atoms. The fraction of sp³-hybridized carbons (Fsp3) is 0.500. The van der Waals surface area contributed by atoms with Crippen LogP contribution in [-0.2, 0) is 11.3 Å². The van der Waals surface area contributed by atoms with Crippen LogP contribution in [0.4, 0.5) is 0 Å². The van der Waals surface area contributed by atoms with Crippen molar-refractivity contribution in [2.75, 3.05) is 13.7 Å². The normalized spacial score (nSPS) is 10.4. The Morgan fingerprint density at radius 2 is 2.17 bits per heavy atom. The van der Waals surface area contributed by atoms with Crippen LogP contribution >= 0.6 is 15.9 Å². The molecule has 0 spiro atoms. The van der Waals surface area contributed by atoms with Crippen LogP contribution in [0.5, 0.6) is 0 Å². The van der Waals surface area contributed by atoms with Crippen molar-refractivity contribution in [1.29, 1.82) is 0 Å². The number of methoxy groups -OCH3 is 1. The molecule has 4 heteroatoms. The average Bonchev–Trinajstić information content (AvgIpc) is 2.39. The number of hydrogen-bond acceptors (Lipinski definition) is 3. The summed E-state index contributed by atoms with van der Waals surface area (Å²) in [6.45, 7) is 4.03. The van der Waals surface area contributed by atoms with Gasteiger partial charge in [-0.3, -0.25) is 0 Å². The van der Waals surface area contributed by atoms with Crippen molar-refractivity contribution < 1.29 is 9.53 Å². The molecule has 1 rings (SSSR count). The standard InChI is InChI=1S/C14H20BrNO2/c1-3-4-5-8-16-10-12-7-6-11(9-13(12)15)14(17)18-2/h6-7,9,16H,3-5,8,10H2,1-2H3. The fourth-order valence-electron chi connectivity index (χ4n) is 1.66. The largest absolute Gasteiger partial charge is 0.465 e. The van der Waals surface area contributed by atoms with Gasteiger partial charge in [0.15, 0.2) is 0 Å². The molecule has 0 radical (unpaired) electrons. The maximum Gasteiger partial charge on any atom is 0.337 e. The summed E-state index contributed by atoms with van der Waals surface area (Å²) in [6, 6.07) is 5.54. The molecule has 0 fully saturated rings. The lowest BCUT2D eigenvalue weighted by atomic mass is 10.1. The SMILES string of the molecule is CCCCCNCc1ccc(C(=O)OC)cc1Br. The third-order valence-corrected chi connectivity index (χ3v) is 3.48. The molecule has 0 bridgehead atoms. The number of hydrogen-bond donors (Lipinski definition) is 1. The smallest absolute Gasteiger partial charge is 0.337 e. The molecule has 3 nitrogen and oxygen atoms in total. The molecule has 100 valence electrons. The van der Waals surface area contributed by atoms with Crippen LogP contribution in [0.1, 0.15) is 42.1 Å². The highest BCUT2D eigenvalue weighted by molar-refractivity contribution is 9.10. The third-order valence-electron chi connectivity index (χ3n) is 2.75. The highest BCUT2D eigenvalue weighted by Crippen LogP contribution is 2.19. The third kappa shape index (κ3) is 4.78. The summed E-state index contributed by atoms with van der Waals surface area (Å²) in [4.78, 5) is 11.4. The molecule has 0 saturated heterocycles. The fourth-order valence-corrected chi connectivity index (χ4v) is 2.18. The Bertz CT molecular complexity index is 393. The van der Waals surface area contributed by atoms with Crippen molar-refractivity contribution in [2.45, 2.75) is 32.7 Å². The molecule has 0 atom stereocenters. The van der Waals surface area contributed by atoms with Gasteiger partial charge >= 0.3 is 5.97 Å². The Morgan fingerprint density at radius 1 is 1.39 bits per heavy atom. The minimum Gasteiger partial charge on any atom is -0.465 e. The minimum atomic E-state index is -0.307. The van der Waals surface area contributed by atoms with Crippen LogP contribution < -0.4 is 5.32 Å². The maximum absolute atomic E-state index is 11.4. The van der Waals surface area contributed by atoms with Gasteiger partial charge in [0, 0.05) is 11.0 Å². The molecular weight excluding hydrogens is 294 g/mol.